The number of nitrogens with zero attached hydrogens (tertiary/aromatic N) is 1. The van der Waals surface area contributed by atoms with Gasteiger partial charge in [0, 0.05) is 22.0 Å². The second-order valence-corrected chi connectivity index (χ2v) is 12.4. The predicted molar refractivity (Wildman–Crippen MR) is 189 cm³/mol. The lowest BCUT2D eigenvalue weighted by molar-refractivity contribution is 0.750. The molecule has 1 aromatic heterocycles. The summed E-state index contributed by atoms with van der Waals surface area (Å²) in [7, 11) is 0. The fourth-order valence-electron chi connectivity index (χ4n) is 8.64. The van der Waals surface area contributed by atoms with Crippen LogP contribution in [0.25, 0.3) is 38.6 Å². The lowest BCUT2D eigenvalue weighted by Gasteiger charge is -2.46. The molecule has 2 aliphatic rings. The third-order valence-electron chi connectivity index (χ3n) is 10.3. The first kappa shape index (κ1) is 24.8. The van der Waals surface area contributed by atoms with Crippen LogP contribution in [0.15, 0.2) is 170 Å². The smallest absolute Gasteiger partial charge is 0.247 e. The van der Waals surface area contributed by atoms with Gasteiger partial charge in [-0.25, -0.2) is 0 Å². The predicted octanol–water partition coefficient (Wildman–Crippen LogP) is 7.98. The van der Waals surface area contributed by atoms with Crippen LogP contribution >= 0.6 is 0 Å². The van der Waals surface area contributed by atoms with Gasteiger partial charge in [-0.3, -0.25) is 0 Å². The monoisotopic (exact) mass is 569 g/mol. The lowest BCUT2D eigenvalue weighted by atomic mass is 9.29. The number of rotatable bonds is 3. The molecule has 8 aromatic rings. The van der Waals surface area contributed by atoms with Gasteiger partial charge in [-0.05, 0) is 62.5 Å². The Morgan fingerprint density at radius 2 is 1.04 bits per heavy atom. The van der Waals surface area contributed by atoms with E-state index in [0.29, 0.717) is 0 Å². The maximum Gasteiger partial charge on any atom is 0.247 e. The van der Waals surface area contributed by atoms with Gasteiger partial charge in [0.15, 0.2) is 0 Å². The Labute approximate surface area is 263 Å². The van der Waals surface area contributed by atoms with Gasteiger partial charge >= 0.3 is 0 Å². The first-order valence-electron chi connectivity index (χ1n) is 15.8. The number of hydrogen-bond acceptors (Lipinski definition) is 0. The molecule has 2 heteroatoms. The van der Waals surface area contributed by atoms with Gasteiger partial charge in [0.2, 0.25) is 6.71 Å². The van der Waals surface area contributed by atoms with Crippen molar-refractivity contribution in [2.45, 2.75) is 5.41 Å². The summed E-state index contributed by atoms with van der Waals surface area (Å²) in [5, 5.41) is 2.62. The summed E-state index contributed by atoms with van der Waals surface area (Å²) in [5.74, 6) is 0. The molecule has 45 heavy (non-hydrogen) atoms. The average molecular weight is 570 g/mol. The third-order valence-corrected chi connectivity index (χ3v) is 10.3. The minimum absolute atomic E-state index is 0.122. The van der Waals surface area contributed by atoms with E-state index in [1.807, 2.05) is 0 Å². The van der Waals surface area contributed by atoms with E-state index >= 15 is 0 Å². The summed E-state index contributed by atoms with van der Waals surface area (Å²) in [6.07, 6.45) is 0. The van der Waals surface area contributed by atoms with Crippen LogP contribution in [0, 0.1) is 0 Å². The number of hydrogen-bond donors (Lipinski definition) is 0. The Balaban J connectivity index is 1.48. The van der Waals surface area contributed by atoms with Crippen molar-refractivity contribution in [3.8, 4) is 16.8 Å². The summed E-state index contributed by atoms with van der Waals surface area (Å²) in [6, 6.07) is 63.3. The van der Waals surface area contributed by atoms with Gasteiger partial charge in [0.25, 0.3) is 0 Å². The standard InChI is InChI=1S/C43H28BN/c1-4-15-29(16-5-1)30-27-36-41-40(28-30)45-39-26-13-10-21-33(39)34-22-14-25-38(42(34)45)44(41)37-24-12-11-23-35(37)43(36,31-17-6-2-7-18-31)32-19-8-3-9-20-32/h1-28H. The molecule has 0 saturated carbocycles. The molecule has 0 fully saturated rings. The second kappa shape index (κ2) is 9.20. The van der Waals surface area contributed by atoms with Gasteiger partial charge in [-0.15, -0.1) is 0 Å². The topological polar surface area (TPSA) is 4.93 Å². The van der Waals surface area contributed by atoms with E-state index in [0.717, 1.165) is 0 Å². The molecule has 208 valence electrons. The number of benzene rings is 7. The second-order valence-electron chi connectivity index (χ2n) is 12.4. The van der Waals surface area contributed by atoms with Crippen LogP contribution in [-0.2, 0) is 5.41 Å². The molecule has 7 aromatic carbocycles. The van der Waals surface area contributed by atoms with Gasteiger partial charge in [-0.2, -0.15) is 0 Å². The summed E-state index contributed by atoms with van der Waals surface area (Å²) >= 11 is 0. The highest BCUT2D eigenvalue weighted by Crippen LogP contribution is 2.48. The normalized spacial score (nSPS) is 13.9. The van der Waals surface area contributed by atoms with Crippen LogP contribution in [-0.4, -0.2) is 11.3 Å². The van der Waals surface area contributed by atoms with Gasteiger partial charge in [-0.1, -0.05) is 157 Å². The highest BCUT2D eigenvalue weighted by molar-refractivity contribution is 6.99. The van der Waals surface area contributed by atoms with E-state index in [4.69, 9.17) is 0 Å². The molecule has 2 aliphatic heterocycles. The SMILES string of the molecule is c1ccc(-c2cc3c4c(c2)C(c2ccccc2)(c2ccccc2)c2ccccc2B4c2cccc4c5ccccc5n-3c24)cc1. The van der Waals surface area contributed by atoms with E-state index in [2.05, 4.69) is 174 Å². The number of para-hydroxylation sites is 2. The fraction of sp³-hybridized carbons (Fsp3) is 0.0233. The summed E-state index contributed by atoms with van der Waals surface area (Å²) in [4.78, 5) is 0. The molecule has 0 amide bonds. The van der Waals surface area contributed by atoms with E-state index in [-0.39, 0.29) is 6.71 Å². The highest BCUT2D eigenvalue weighted by atomic mass is 15.0. The molecule has 3 heterocycles. The zero-order valence-corrected chi connectivity index (χ0v) is 24.7. The van der Waals surface area contributed by atoms with Crippen LogP contribution in [0.1, 0.15) is 22.3 Å². The van der Waals surface area contributed by atoms with Crippen molar-refractivity contribution in [3.05, 3.63) is 192 Å². The van der Waals surface area contributed by atoms with Crippen molar-refractivity contribution < 1.29 is 0 Å². The Morgan fingerprint density at radius 1 is 0.444 bits per heavy atom. The summed E-state index contributed by atoms with van der Waals surface area (Å²) < 4.78 is 2.57. The van der Waals surface area contributed by atoms with Crippen molar-refractivity contribution in [2.24, 2.45) is 0 Å². The third kappa shape index (κ3) is 3.19. The van der Waals surface area contributed by atoms with Crippen molar-refractivity contribution in [1.82, 2.24) is 4.57 Å². The minimum Gasteiger partial charge on any atom is -0.310 e. The Hall–Kier alpha value is -5.60. The molecule has 10 rings (SSSR count). The number of aromatic nitrogens is 1. The molecule has 0 bridgehead atoms. The average Bonchev–Trinajstić information content (AvgIpc) is 3.46. The lowest BCUT2D eigenvalue weighted by Crippen LogP contribution is -2.64. The fourth-order valence-corrected chi connectivity index (χ4v) is 8.64. The van der Waals surface area contributed by atoms with Crippen LogP contribution in [0.4, 0.5) is 0 Å². The van der Waals surface area contributed by atoms with E-state index in [9.17, 15) is 0 Å². The molecule has 0 spiro atoms. The Bertz CT molecular complexity index is 2380. The molecule has 0 saturated heterocycles. The maximum absolute atomic E-state index is 2.57. The van der Waals surface area contributed by atoms with Gasteiger partial charge < -0.3 is 4.57 Å². The Kier molecular flexibility index (Phi) is 5.07. The highest BCUT2D eigenvalue weighted by Gasteiger charge is 2.50. The van der Waals surface area contributed by atoms with Crippen LogP contribution in [0.3, 0.4) is 0 Å². The minimum atomic E-state index is -0.501. The van der Waals surface area contributed by atoms with Crippen molar-refractivity contribution in [2.75, 3.05) is 0 Å². The molecule has 1 nitrogen and oxygen atoms in total. The molecule has 0 unspecified atom stereocenters. The van der Waals surface area contributed by atoms with Gasteiger partial charge in [0.1, 0.15) is 0 Å². The van der Waals surface area contributed by atoms with Crippen LogP contribution in [0.5, 0.6) is 0 Å². The zero-order valence-electron chi connectivity index (χ0n) is 24.7. The first-order chi connectivity index (χ1) is 22.4. The molecular formula is C43H28BN. The summed E-state index contributed by atoms with van der Waals surface area (Å²) in [6.45, 7) is 0.122. The van der Waals surface area contributed by atoms with Crippen LogP contribution < -0.4 is 16.4 Å². The maximum atomic E-state index is 2.57. The summed E-state index contributed by atoms with van der Waals surface area (Å²) in [5.41, 5.74) is 15.3. The van der Waals surface area contributed by atoms with Crippen molar-refractivity contribution in [3.63, 3.8) is 0 Å². The molecule has 0 atom stereocenters. The van der Waals surface area contributed by atoms with E-state index < -0.39 is 5.41 Å². The largest absolute Gasteiger partial charge is 0.310 e. The quantitative estimate of drug-likeness (QED) is 0.190. The molecule has 0 aliphatic carbocycles. The van der Waals surface area contributed by atoms with Crippen molar-refractivity contribution >= 4 is 44.9 Å². The Morgan fingerprint density at radius 3 is 1.80 bits per heavy atom. The number of fused-ring (bicyclic) bond motifs is 7. The zero-order chi connectivity index (χ0) is 29.5. The molecule has 0 radical (unpaired) electrons. The van der Waals surface area contributed by atoms with E-state index in [1.165, 1.54) is 77.3 Å². The molecule has 0 N–H and O–H groups in total. The van der Waals surface area contributed by atoms with E-state index in [1.54, 1.807) is 0 Å². The van der Waals surface area contributed by atoms with Crippen molar-refractivity contribution in [1.29, 1.82) is 0 Å². The first-order valence-corrected chi connectivity index (χ1v) is 15.8. The van der Waals surface area contributed by atoms with Crippen LogP contribution in [0.2, 0.25) is 0 Å². The van der Waals surface area contributed by atoms with Gasteiger partial charge in [0.05, 0.1) is 10.9 Å². The molecular weight excluding hydrogens is 541 g/mol.